The van der Waals surface area contributed by atoms with Gasteiger partial charge in [0.1, 0.15) is 0 Å². The average Bonchev–Trinajstić information content (AvgIpc) is 2.99. The van der Waals surface area contributed by atoms with Gasteiger partial charge in [0.2, 0.25) is 0 Å². The van der Waals surface area contributed by atoms with Crippen molar-refractivity contribution in [3.63, 3.8) is 0 Å². The normalized spacial score (nSPS) is 18.4. The van der Waals surface area contributed by atoms with E-state index in [9.17, 15) is 0 Å². The summed E-state index contributed by atoms with van der Waals surface area (Å²) in [4.78, 5) is 0. The van der Waals surface area contributed by atoms with E-state index in [-0.39, 0.29) is 0 Å². The first kappa shape index (κ1) is 12.4. The molecule has 1 aliphatic rings. The third kappa shape index (κ3) is 5.26. The van der Waals surface area contributed by atoms with E-state index in [0.29, 0.717) is 0 Å². The summed E-state index contributed by atoms with van der Waals surface area (Å²) in [5.74, 6) is 3.71. The number of unbranched alkanes of at least 4 members (excludes halogenated alkanes) is 2. The zero-order valence-electron chi connectivity index (χ0n) is 9.72. The Morgan fingerprint density at radius 1 is 1.29 bits per heavy atom. The van der Waals surface area contributed by atoms with Crippen molar-refractivity contribution < 1.29 is 0 Å². The summed E-state index contributed by atoms with van der Waals surface area (Å²) in [5, 5.41) is 3.61. The number of thioether (sulfide) groups is 1. The lowest BCUT2D eigenvalue weighted by atomic mass is 10.2. The van der Waals surface area contributed by atoms with E-state index in [0.717, 1.165) is 18.5 Å². The van der Waals surface area contributed by atoms with Gasteiger partial charge in [-0.2, -0.15) is 11.8 Å². The second-order valence-electron chi connectivity index (χ2n) is 4.28. The van der Waals surface area contributed by atoms with Gasteiger partial charge in [-0.1, -0.05) is 26.7 Å². The van der Waals surface area contributed by atoms with Crippen molar-refractivity contribution in [3.8, 4) is 0 Å². The number of hydrogen-bond acceptors (Lipinski definition) is 2. The van der Waals surface area contributed by atoms with Gasteiger partial charge in [0.25, 0.3) is 0 Å². The standard InChI is InChI=1S/C12H25NS/c1-3-5-6-9-14-10-12(13-4-2)11-7-8-11/h11-13H,3-10H2,1-2H3. The van der Waals surface area contributed by atoms with E-state index in [1.807, 2.05) is 0 Å². The van der Waals surface area contributed by atoms with E-state index >= 15 is 0 Å². The lowest BCUT2D eigenvalue weighted by molar-refractivity contribution is 0.519. The van der Waals surface area contributed by atoms with Crippen LogP contribution in [0, 0.1) is 5.92 Å². The SMILES string of the molecule is CCCCCSCC(NCC)C1CC1. The van der Waals surface area contributed by atoms with E-state index < -0.39 is 0 Å². The molecule has 0 aromatic heterocycles. The van der Waals surface area contributed by atoms with E-state index in [1.54, 1.807) is 0 Å². The highest BCUT2D eigenvalue weighted by Crippen LogP contribution is 2.34. The van der Waals surface area contributed by atoms with Gasteiger partial charge in [0.15, 0.2) is 0 Å². The first-order chi connectivity index (χ1) is 6.88. The molecule has 1 unspecified atom stereocenters. The van der Waals surface area contributed by atoms with Crippen molar-refractivity contribution in [2.24, 2.45) is 5.92 Å². The molecule has 2 heteroatoms. The highest BCUT2D eigenvalue weighted by atomic mass is 32.2. The van der Waals surface area contributed by atoms with Crippen LogP contribution in [-0.4, -0.2) is 24.1 Å². The minimum atomic E-state index is 0.812. The molecule has 1 aliphatic carbocycles. The second kappa shape index (κ2) is 7.58. The molecule has 0 bridgehead atoms. The van der Waals surface area contributed by atoms with Crippen molar-refractivity contribution in [2.75, 3.05) is 18.1 Å². The molecule has 1 fully saturated rings. The maximum Gasteiger partial charge on any atom is 0.0186 e. The Balaban J connectivity index is 1.96. The van der Waals surface area contributed by atoms with Gasteiger partial charge >= 0.3 is 0 Å². The van der Waals surface area contributed by atoms with Gasteiger partial charge in [-0.15, -0.1) is 0 Å². The molecule has 0 radical (unpaired) electrons. The smallest absolute Gasteiger partial charge is 0.0186 e. The highest BCUT2D eigenvalue weighted by molar-refractivity contribution is 7.99. The fourth-order valence-corrected chi connectivity index (χ4v) is 3.01. The second-order valence-corrected chi connectivity index (χ2v) is 5.43. The van der Waals surface area contributed by atoms with E-state index in [2.05, 4.69) is 30.9 Å². The van der Waals surface area contributed by atoms with Gasteiger partial charge < -0.3 is 5.32 Å². The fraction of sp³-hybridized carbons (Fsp3) is 1.00. The minimum Gasteiger partial charge on any atom is -0.313 e. The van der Waals surface area contributed by atoms with Crippen LogP contribution >= 0.6 is 11.8 Å². The lowest BCUT2D eigenvalue weighted by Gasteiger charge is -2.16. The van der Waals surface area contributed by atoms with Crippen LogP contribution in [0.3, 0.4) is 0 Å². The third-order valence-electron chi connectivity index (χ3n) is 2.85. The predicted octanol–water partition coefficient (Wildman–Crippen LogP) is 3.30. The third-order valence-corrected chi connectivity index (χ3v) is 4.02. The molecular formula is C12H25NS. The Labute approximate surface area is 93.4 Å². The summed E-state index contributed by atoms with van der Waals surface area (Å²) in [6.45, 7) is 5.63. The summed E-state index contributed by atoms with van der Waals surface area (Å²) < 4.78 is 0. The number of hydrogen-bond donors (Lipinski definition) is 1. The molecule has 1 atom stereocenters. The molecule has 0 aromatic rings. The van der Waals surface area contributed by atoms with Gasteiger partial charge in [-0.05, 0) is 37.5 Å². The van der Waals surface area contributed by atoms with Crippen molar-refractivity contribution in [3.05, 3.63) is 0 Å². The molecule has 0 saturated heterocycles. The molecule has 14 heavy (non-hydrogen) atoms. The predicted molar refractivity (Wildman–Crippen MR) is 67.0 cm³/mol. The molecule has 0 aliphatic heterocycles. The number of rotatable bonds is 9. The first-order valence-electron chi connectivity index (χ1n) is 6.19. The summed E-state index contributed by atoms with van der Waals surface area (Å²) >= 11 is 2.15. The number of nitrogens with one attached hydrogen (secondary N) is 1. The monoisotopic (exact) mass is 215 g/mol. The van der Waals surface area contributed by atoms with Crippen molar-refractivity contribution >= 4 is 11.8 Å². The molecule has 84 valence electrons. The van der Waals surface area contributed by atoms with Crippen molar-refractivity contribution in [2.45, 2.75) is 52.0 Å². The van der Waals surface area contributed by atoms with Crippen LogP contribution in [0.15, 0.2) is 0 Å². The molecule has 1 saturated carbocycles. The maximum atomic E-state index is 3.61. The van der Waals surface area contributed by atoms with Crippen LogP contribution in [0.1, 0.15) is 46.0 Å². The minimum absolute atomic E-state index is 0.812. The van der Waals surface area contributed by atoms with Crippen molar-refractivity contribution in [1.82, 2.24) is 5.32 Å². The van der Waals surface area contributed by atoms with Crippen LogP contribution in [-0.2, 0) is 0 Å². The molecule has 1 nitrogen and oxygen atoms in total. The molecule has 0 aromatic carbocycles. The van der Waals surface area contributed by atoms with Crippen molar-refractivity contribution in [1.29, 1.82) is 0 Å². The molecular weight excluding hydrogens is 190 g/mol. The Kier molecular flexibility index (Phi) is 6.70. The Morgan fingerprint density at radius 3 is 2.64 bits per heavy atom. The van der Waals surface area contributed by atoms with E-state index in [4.69, 9.17) is 0 Å². The molecule has 0 spiro atoms. The Hall–Kier alpha value is 0.310. The first-order valence-corrected chi connectivity index (χ1v) is 7.35. The maximum absolute atomic E-state index is 3.61. The van der Waals surface area contributed by atoms with Crippen LogP contribution in [0.4, 0.5) is 0 Å². The molecule has 0 amide bonds. The van der Waals surface area contributed by atoms with Gasteiger partial charge in [-0.3, -0.25) is 0 Å². The molecule has 0 heterocycles. The van der Waals surface area contributed by atoms with E-state index in [1.165, 1.54) is 43.6 Å². The summed E-state index contributed by atoms with van der Waals surface area (Å²) in [5.41, 5.74) is 0. The summed E-state index contributed by atoms with van der Waals surface area (Å²) in [6, 6.07) is 0.812. The summed E-state index contributed by atoms with van der Waals surface area (Å²) in [7, 11) is 0. The van der Waals surface area contributed by atoms with Crippen LogP contribution in [0.5, 0.6) is 0 Å². The average molecular weight is 215 g/mol. The quantitative estimate of drug-likeness (QED) is 0.592. The van der Waals surface area contributed by atoms with Gasteiger partial charge in [0.05, 0.1) is 0 Å². The van der Waals surface area contributed by atoms with Crippen LogP contribution < -0.4 is 5.32 Å². The summed E-state index contributed by atoms with van der Waals surface area (Å²) in [6.07, 6.45) is 7.09. The fourth-order valence-electron chi connectivity index (χ4n) is 1.79. The largest absolute Gasteiger partial charge is 0.313 e. The Morgan fingerprint density at radius 2 is 2.07 bits per heavy atom. The van der Waals surface area contributed by atoms with Gasteiger partial charge in [-0.25, -0.2) is 0 Å². The topological polar surface area (TPSA) is 12.0 Å². The Bertz CT molecular complexity index is 134. The zero-order chi connectivity index (χ0) is 10.2. The zero-order valence-corrected chi connectivity index (χ0v) is 10.5. The van der Waals surface area contributed by atoms with Crippen LogP contribution in [0.2, 0.25) is 0 Å². The van der Waals surface area contributed by atoms with Gasteiger partial charge in [0, 0.05) is 11.8 Å². The molecule has 1 N–H and O–H groups in total. The lowest BCUT2D eigenvalue weighted by Crippen LogP contribution is -2.33. The molecule has 1 rings (SSSR count). The van der Waals surface area contributed by atoms with Crippen LogP contribution in [0.25, 0.3) is 0 Å². The highest BCUT2D eigenvalue weighted by Gasteiger charge is 2.29.